The number of hydrogen-bond donors (Lipinski definition) is 1. The topological polar surface area (TPSA) is 87.8 Å². The third-order valence-corrected chi connectivity index (χ3v) is 5.59. The largest absolute Gasteiger partial charge is 0.490 e. The fourth-order valence-electron chi connectivity index (χ4n) is 3.77. The minimum absolute atomic E-state index is 0.0873. The van der Waals surface area contributed by atoms with Gasteiger partial charge in [-0.15, -0.1) is 0 Å². The summed E-state index contributed by atoms with van der Waals surface area (Å²) in [6.07, 6.45) is -5.99. The zero-order valence-corrected chi connectivity index (χ0v) is 21.7. The summed E-state index contributed by atoms with van der Waals surface area (Å²) < 4.78 is 75.4. The molecule has 4 aromatic rings. The first-order valence-electron chi connectivity index (χ1n) is 12.4. The van der Waals surface area contributed by atoms with E-state index >= 15 is 0 Å². The standard InChI is InChI=1S/C28H27F4N3O5/c1-3-37-23-11-5-17(13-25(23)38-4-2)16-39-19-8-6-18(7-9-19)33-28(36)24-12-10-20(40-24)15-35-22(27(31)32)14-21(34-35)26(29)30/h5-14,26-27H,3-4,15-16H2,1-2H3,(H,33,36). The molecule has 0 bridgehead atoms. The Morgan fingerprint density at radius 1 is 0.900 bits per heavy atom. The molecule has 1 amide bonds. The maximum atomic E-state index is 13.2. The Hall–Kier alpha value is -4.48. The van der Waals surface area contributed by atoms with Gasteiger partial charge >= 0.3 is 0 Å². The van der Waals surface area contributed by atoms with Crippen LogP contribution in [0.1, 0.15) is 60.0 Å². The monoisotopic (exact) mass is 561 g/mol. The molecule has 2 aromatic heterocycles. The molecule has 0 aliphatic rings. The highest BCUT2D eigenvalue weighted by Gasteiger charge is 2.22. The van der Waals surface area contributed by atoms with E-state index < -0.39 is 30.1 Å². The average Bonchev–Trinajstić information content (AvgIpc) is 3.58. The van der Waals surface area contributed by atoms with Crippen LogP contribution >= 0.6 is 0 Å². The second-order valence-electron chi connectivity index (χ2n) is 8.43. The molecule has 40 heavy (non-hydrogen) atoms. The SMILES string of the molecule is CCOc1ccc(COc2ccc(NC(=O)c3ccc(Cn4nc(C(F)F)cc4C(F)F)o3)cc2)cc1OCC. The highest BCUT2D eigenvalue weighted by Crippen LogP contribution is 2.29. The van der Waals surface area contributed by atoms with E-state index in [1.807, 2.05) is 32.0 Å². The number of nitrogens with one attached hydrogen (secondary N) is 1. The molecule has 2 aromatic carbocycles. The number of benzene rings is 2. The summed E-state index contributed by atoms with van der Waals surface area (Å²) in [5.74, 6) is 1.30. The number of carbonyl (C=O) groups excluding carboxylic acids is 1. The molecule has 0 aliphatic carbocycles. The van der Waals surface area contributed by atoms with Gasteiger partial charge in [0.1, 0.15) is 29.5 Å². The van der Waals surface area contributed by atoms with Crippen molar-refractivity contribution in [3.63, 3.8) is 0 Å². The average molecular weight is 562 g/mol. The number of ether oxygens (including phenoxy) is 3. The van der Waals surface area contributed by atoms with Crippen molar-refractivity contribution in [1.82, 2.24) is 9.78 Å². The molecule has 0 fully saturated rings. The van der Waals surface area contributed by atoms with E-state index in [4.69, 9.17) is 18.6 Å². The fraction of sp³-hybridized carbons (Fsp3) is 0.286. The van der Waals surface area contributed by atoms with Crippen molar-refractivity contribution in [2.75, 3.05) is 18.5 Å². The van der Waals surface area contributed by atoms with E-state index in [-0.39, 0.29) is 24.7 Å². The zero-order chi connectivity index (χ0) is 28.6. The fourth-order valence-corrected chi connectivity index (χ4v) is 3.77. The number of nitrogens with zero attached hydrogens (tertiary/aromatic N) is 2. The Morgan fingerprint density at radius 2 is 1.62 bits per heavy atom. The van der Waals surface area contributed by atoms with Crippen LogP contribution in [-0.4, -0.2) is 28.9 Å². The molecule has 0 atom stereocenters. The van der Waals surface area contributed by atoms with Crippen molar-refractivity contribution in [3.05, 3.63) is 89.1 Å². The first kappa shape index (κ1) is 28.5. The van der Waals surface area contributed by atoms with Crippen LogP contribution in [0.3, 0.4) is 0 Å². The third kappa shape index (κ3) is 7.13. The van der Waals surface area contributed by atoms with Gasteiger partial charge in [0.25, 0.3) is 18.8 Å². The van der Waals surface area contributed by atoms with E-state index in [9.17, 15) is 22.4 Å². The second kappa shape index (κ2) is 13.0. The molecule has 1 N–H and O–H groups in total. The summed E-state index contributed by atoms with van der Waals surface area (Å²) in [5.41, 5.74) is -0.0815. The van der Waals surface area contributed by atoms with Gasteiger partial charge < -0.3 is 23.9 Å². The summed E-state index contributed by atoms with van der Waals surface area (Å²) in [4.78, 5) is 12.6. The number of carbonyl (C=O) groups is 1. The van der Waals surface area contributed by atoms with Crippen molar-refractivity contribution in [1.29, 1.82) is 0 Å². The number of rotatable bonds is 13. The van der Waals surface area contributed by atoms with Gasteiger partial charge in [-0.3, -0.25) is 9.48 Å². The Labute approximate surface area is 227 Å². The van der Waals surface area contributed by atoms with Gasteiger partial charge in [0.15, 0.2) is 17.3 Å². The van der Waals surface area contributed by atoms with E-state index in [1.165, 1.54) is 12.1 Å². The quantitative estimate of drug-likeness (QED) is 0.176. The number of halogens is 4. The highest BCUT2D eigenvalue weighted by atomic mass is 19.3. The maximum absolute atomic E-state index is 13.2. The number of furan rings is 1. The molecule has 12 heteroatoms. The lowest BCUT2D eigenvalue weighted by molar-refractivity contribution is 0.0994. The Kier molecular flexibility index (Phi) is 9.31. The van der Waals surface area contributed by atoms with Crippen LogP contribution in [0, 0.1) is 0 Å². The summed E-state index contributed by atoms with van der Waals surface area (Å²) in [6, 6.07) is 15.6. The summed E-state index contributed by atoms with van der Waals surface area (Å²) in [7, 11) is 0. The summed E-state index contributed by atoms with van der Waals surface area (Å²) >= 11 is 0. The number of anilines is 1. The smallest absolute Gasteiger partial charge is 0.291 e. The minimum atomic E-state index is -3.00. The third-order valence-electron chi connectivity index (χ3n) is 5.59. The normalized spacial score (nSPS) is 11.2. The first-order valence-corrected chi connectivity index (χ1v) is 12.4. The van der Waals surface area contributed by atoms with Crippen LogP contribution < -0.4 is 19.5 Å². The second-order valence-corrected chi connectivity index (χ2v) is 8.43. The Balaban J connectivity index is 1.34. The molecular formula is C28H27F4N3O5. The molecule has 0 radical (unpaired) electrons. The first-order chi connectivity index (χ1) is 19.3. The maximum Gasteiger partial charge on any atom is 0.291 e. The van der Waals surface area contributed by atoms with Crippen LogP contribution in [0.4, 0.5) is 23.2 Å². The van der Waals surface area contributed by atoms with Crippen molar-refractivity contribution in [2.24, 2.45) is 0 Å². The Morgan fingerprint density at radius 3 is 2.30 bits per heavy atom. The lowest BCUT2D eigenvalue weighted by Crippen LogP contribution is -2.11. The van der Waals surface area contributed by atoms with Gasteiger partial charge in [-0.25, -0.2) is 17.6 Å². The number of aromatic nitrogens is 2. The zero-order valence-electron chi connectivity index (χ0n) is 21.7. The van der Waals surface area contributed by atoms with Gasteiger partial charge in [-0.1, -0.05) is 6.07 Å². The van der Waals surface area contributed by atoms with Crippen molar-refractivity contribution in [3.8, 4) is 17.2 Å². The number of alkyl halides is 4. The molecule has 0 saturated heterocycles. The molecule has 2 heterocycles. The lowest BCUT2D eigenvalue weighted by atomic mass is 10.2. The molecule has 8 nitrogen and oxygen atoms in total. The molecule has 0 aliphatic heterocycles. The molecule has 0 unspecified atom stereocenters. The molecule has 4 rings (SSSR count). The van der Waals surface area contributed by atoms with Crippen molar-refractivity contribution < 1.29 is 41.0 Å². The van der Waals surface area contributed by atoms with E-state index in [0.29, 0.717) is 42.2 Å². The van der Waals surface area contributed by atoms with Crippen molar-refractivity contribution in [2.45, 2.75) is 39.9 Å². The van der Waals surface area contributed by atoms with E-state index in [1.54, 1.807) is 24.3 Å². The molecule has 0 saturated carbocycles. The van der Waals surface area contributed by atoms with Gasteiger partial charge in [-0.05, 0) is 74.0 Å². The Bertz CT molecular complexity index is 1420. The van der Waals surface area contributed by atoms with Crippen molar-refractivity contribution >= 4 is 11.6 Å². The predicted molar refractivity (Wildman–Crippen MR) is 137 cm³/mol. The molecule has 212 valence electrons. The van der Waals surface area contributed by atoms with E-state index in [2.05, 4.69) is 10.4 Å². The van der Waals surface area contributed by atoms with Crippen LogP contribution in [0.25, 0.3) is 0 Å². The number of hydrogen-bond acceptors (Lipinski definition) is 6. The molecule has 0 spiro atoms. The minimum Gasteiger partial charge on any atom is -0.490 e. The molecular weight excluding hydrogens is 534 g/mol. The lowest BCUT2D eigenvalue weighted by Gasteiger charge is -2.13. The van der Waals surface area contributed by atoms with Crippen LogP contribution in [0.5, 0.6) is 17.2 Å². The van der Waals surface area contributed by atoms with Crippen LogP contribution in [0.15, 0.2) is 65.1 Å². The van der Waals surface area contributed by atoms with Gasteiger partial charge in [-0.2, -0.15) is 5.10 Å². The van der Waals surface area contributed by atoms with Crippen LogP contribution in [-0.2, 0) is 13.2 Å². The highest BCUT2D eigenvalue weighted by molar-refractivity contribution is 6.02. The summed E-state index contributed by atoms with van der Waals surface area (Å²) in [6.45, 7) is 4.77. The van der Waals surface area contributed by atoms with E-state index in [0.717, 1.165) is 10.2 Å². The number of amides is 1. The van der Waals surface area contributed by atoms with Gasteiger partial charge in [0, 0.05) is 5.69 Å². The predicted octanol–water partition coefficient (Wildman–Crippen LogP) is 7.03. The van der Waals surface area contributed by atoms with Gasteiger partial charge in [0.2, 0.25) is 0 Å². The summed E-state index contributed by atoms with van der Waals surface area (Å²) in [5, 5.41) is 6.18. The van der Waals surface area contributed by atoms with Gasteiger partial charge in [0.05, 0.1) is 19.8 Å². The van der Waals surface area contributed by atoms with Crippen LogP contribution in [0.2, 0.25) is 0 Å².